The van der Waals surface area contributed by atoms with E-state index in [0.29, 0.717) is 29.6 Å². The van der Waals surface area contributed by atoms with Crippen molar-refractivity contribution < 1.29 is 9.59 Å². The first-order valence-electron chi connectivity index (χ1n) is 9.53. The fourth-order valence-electron chi connectivity index (χ4n) is 3.18. The number of carbonyl (C=O) groups excluding carboxylic acids is 2. The van der Waals surface area contributed by atoms with E-state index >= 15 is 0 Å². The van der Waals surface area contributed by atoms with Gasteiger partial charge in [-0.15, -0.1) is 0 Å². The molecule has 0 unspecified atom stereocenters. The van der Waals surface area contributed by atoms with Gasteiger partial charge < -0.3 is 16.0 Å². The molecule has 10 heteroatoms. The van der Waals surface area contributed by atoms with Gasteiger partial charge in [0.1, 0.15) is 17.3 Å². The Morgan fingerprint density at radius 2 is 2.07 bits per heavy atom. The van der Waals surface area contributed by atoms with Crippen LogP contribution in [0.2, 0.25) is 0 Å². The number of hydrogen-bond donors (Lipinski definition) is 4. The van der Waals surface area contributed by atoms with E-state index in [-0.39, 0.29) is 5.70 Å². The molecule has 1 saturated carbocycles. The second-order valence-corrected chi connectivity index (χ2v) is 8.05. The highest BCUT2D eigenvalue weighted by atomic mass is 79.9. The summed E-state index contributed by atoms with van der Waals surface area (Å²) < 4.78 is 2.73. The lowest BCUT2D eigenvalue weighted by Gasteiger charge is -2.12. The summed E-state index contributed by atoms with van der Waals surface area (Å²) in [4.78, 5) is 28.0. The van der Waals surface area contributed by atoms with Crippen LogP contribution in [0.15, 0.2) is 46.7 Å². The Bertz CT molecular complexity index is 1200. The Balaban J connectivity index is 1.51. The highest BCUT2D eigenvalue weighted by molar-refractivity contribution is 9.10. The highest BCUT2D eigenvalue weighted by Gasteiger charge is 2.25. The molecular formula is C20H18BrN7O2. The molecule has 3 aromatic rings. The van der Waals surface area contributed by atoms with Crippen LogP contribution in [0.25, 0.3) is 11.7 Å². The molecule has 3 amide bonds. The number of urea groups is 1. The monoisotopic (exact) mass is 467 g/mol. The van der Waals surface area contributed by atoms with Crippen molar-refractivity contribution in [2.45, 2.75) is 25.4 Å². The van der Waals surface area contributed by atoms with Gasteiger partial charge in [-0.2, -0.15) is 9.61 Å². The van der Waals surface area contributed by atoms with Crippen LogP contribution in [-0.2, 0) is 11.3 Å². The van der Waals surface area contributed by atoms with Crippen LogP contribution in [0.4, 0.5) is 16.4 Å². The summed E-state index contributed by atoms with van der Waals surface area (Å²) in [5.41, 5.74) is 2.49. The Morgan fingerprint density at radius 1 is 1.23 bits per heavy atom. The van der Waals surface area contributed by atoms with Gasteiger partial charge in [0, 0.05) is 28.7 Å². The topological polar surface area (TPSA) is 112 Å². The van der Waals surface area contributed by atoms with Crippen LogP contribution in [0, 0.1) is 0 Å². The minimum atomic E-state index is -0.539. The number of nitrogens with zero attached hydrogens (tertiary/aromatic N) is 3. The van der Waals surface area contributed by atoms with E-state index in [1.807, 2.05) is 30.3 Å². The fraction of sp³-hybridized carbons (Fsp3) is 0.200. The maximum Gasteiger partial charge on any atom is 0.326 e. The predicted molar refractivity (Wildman–Crippen MR) is 116 cm³/mol. The molecule has 5 rings (SSSR count). The molecular weight excluding hydrogens is 450 g/mol. The maximum absolute atomic E-state index is 11.9. The van der Waals surface area contributed by atoms with Crippen molar-refractivity contribution in [3.8, 4) is 0 Å². The number of amides is 3. The Hall–Kier alpha value is -3.40. The van der Waals surface area contributed by atoms with E-state index in [2.05, 4.69) is 42.3 Å². The molecule has 1 saturated heterocycles. The minimum absolute atomic E-state index is 0.167. The average Bonchev–Trinajstić information content (AvgIpc) is 3.36. The van der Waals surface area contributed by atoms with Gasteiger partial charge in [-0.05, 0) is 30.5 Å². The molecule has 3 heterocycles. The fourth-order valence-corrected chi connectivity index (χ4v) is 3.60. The van der Waals surface area contributed by atoms with E-state index in [0.717, 1.165) is 28.7 Å². The van der Waals surface area contributed by atoms with Crippen LogP contribution >= 0.6 is 15.9 Å². The first-order valence-corrected chi connectivity index (χ1v) is 10.3. The molecule has 30 heavy (non-hydrogen) atoms. The molecule has 1 aromatic carbocycles. The van der Waals surface area contributed by atoms with Crippen LogP contribution < -0.4 is 21.3 Å². The standard InChI is InChI=1S/C20H18BrN7O2/c21-14-4-2-1-3-11(14)9-22-16-8-17(24-13-5-6-13)28-18(26-16)12(10-23-28)7-15-19(29)27-20(30)25-15/h1-4,7-8,10,13,24H,5-6,9H2,(H,22,26)(H2,25,27,29,30). The van der Waals surface area contributed by atoms with Gasteiger partial charge in [0.15, 0.2) is 5.65 Å². The molecule has 0 bridgehead atoms. The van der Waals surface area contributed by atoms with Gasteiger partial charge in [-0.1, -0.05) is 34.1 Å². The lowest BCUT2D eigenvalue weighted by molar-refractivity contribution is -0.115. The van der Waals surface area contributed by atoms with Crippen molar-refractivity contribution in [2.75, 3.05) is 10.6 Å². The minimum Gasteiger partial charge on any atom is -0.367 e. The smallest absolute Gasteiger partial charge is 0.326 e. The quantitative estimate of drug-likeness (QED) is 0.327. The van der Waals surface area contributed by atoms with Gasteiger partial charge in [0.05, 0.1) is 6.20 Å². The van der Waals surface area contributed by atoms with Crippen molar-refractivity contribution in [1.82, 2.24) is 25.2 Å². The summed E-state index contributed by atoms with van der Waals surface area (Å²) >= 11 is 3.56. The van der Waals surface area contributed by atoms with E-state index in [1.165, 1.54) is 0 Å². The van der Waals surface area contributed by atoms with Crippen molar-refractivity contribution in [3.63, 3.8) is 0 Å². The third-order valence-electron chi connectivity index (χ3n) is 4.87. The van der Waals surface area contributed by atoms with Gasteiger partial charge in [-0.3, -0.25) is 10.1 Å². The predicted octanol–water partition coefficient (Wildman–Crippen LogP) is 2.86. The second kappa shape index (κ2) is 7.45. The van der Waals surface area contributed by atoms with E-state index in [9.17, 15) is 9.59 Å². The number of carbonyl (C=O) groups is 2. The first kappa shape index (κ1) is 18.6. The number of anilines is 2. The summed E-state index contributed by atoms with van der Waals surface area (Å²) in [6.45, 7) is 0.594. The van der Waals surface area contributed by atoms with Crippen LogP contribution in [-0.4, -0.2) is 32.6 Å². The summed E-state index contributed by atoms with van der Waals surface area (Å²) in [5, 5.41) is 15.9. The molecule has 0 spiro atoms. The molecule has 152 valence electrons. The molecule has 2 aliphatic rings. The molecule has 0 radical (unpaired) electrons. The second-order valence-electron chi connectivity index (χ2n) is 7.19. The zero-order chi connectivity index (χ0) is 20.7. The van der Waals surface area contributed by atoms with Crippen molar-refractivity contribution >= 4 is 51.2 Å². The maximum atomic E-state index is 11.9. The molecule has 2 fully saturated rings. The Kier molecular flexibility index (Phi) is 4.62. The first-order chi connectivity index (χ1) is 14.6. The van der Waals surface area contributed by atoms with Crippen LogP contribution in [0.3, 0.4) is 0 Å². The Labute approximate surface area is 180 Å². The normalized spacial score (nSPS) is 17.3. The third kappa shape index (κ3) is 3.73. The van der Waals surface area contributed by atoms with Crippen molar-refractivity contribution in [1.29, 1.82) is 0 Å². The highest BCUT2D eigenvalue weighted by Crippen LogP contribution is 2.28. The van der Waals surface area contributed by atoms with Gasteiger partial charge in [0.25, 0.3) is 5.91 Å². The number of aromatic nitrogens is 3. The van der Waals surface area contributed by atoms with Crippen molar-refractivity contribution in [3.05, 3.63) is 57.8 Å². The summed E-state index contributed by atoms with van der Waals surface area (Å²) in [7, 11) is 0. The van der Waals surface area contributed by atoms with Crippen LogP contribution in [0.1, 0.15) is 24.0 Å². The number of rotatable bonds is 6. The SMILES string of the molecule is O=C1NC(=O)C(=Cc2cnn3c(NC4CC4)cc(NCc4ccccc4Br)nc23)N1. The van der Waals surface area contributed by atoms with Gasteiger partial charge in [-0.25, -0.2) is 9.78 Å². The largest absolute Gasteiger partial charge is 0.367 e. The van der Waals surface area contributed by atoms with Crippen LogP contribution in [0.5, 0.6) is 0 Å². The number of imide groups is 1. The zero-order valence-corrected chi connectivity index (χ0v) is 17.4. The number of benzene rings is 1. The van der Waals surface area contributed by atoms with Gasteiger partial charge >= 0.3 is 6.03 Å². The zero-order valence-electron chi connectivity index (χ0n) is 15.8. The van der Waals surface area contributed by atoms with E-state index in [1.54, 1.807) is 16.8 Å². The summed E-state index contributed by atoms with van der Waals surface area (Å²) in [6, 6.07) is 9.81. The van der Waals surface area contributed by atoms with E-state index < -0.39 is 11.9 Å². The molecule has 1 aliphatic carbocycles. The average molecular weight is 468 g/mol. The number of halogens is 1. The summed E-state index contributed by atoms with van der Waals surface area (Å²) in [5.74, 6) is 1.03. The number of hydrogen-bond acceptors (Lipinski definition) is 6. The van der Waals surface area contributed by atoms with E-state index in [4.69, 9.17) is 4.98 Å². The third-order valence-corrected chi connectivity index (χ3v) is 5.64. The summed E-state index contributed by atoms with van der Waals surface area (Å²) in [6.07, 6.45) is 5.44. The molecule has 4 N–H and O–H groups in total. The lowest BCUT2D eigenvalue weighted by atomic mass is 10.2. The molecule has 0 atom stereocenters. The number of fused-ring (bicyclic) bond motifs is 1. The Morgan fingerprint density at radius 3 is 2.80 bits per heavy atom. The molecule has 1 aliphatic heterocycles. The molecule has 2 aromatic heterocycles. The van der Waals surface area contributed by atoms with Crippen molar-refractivity contribution in [2.24, 2.45) is 0 Å². The molecule has 9 nitrogen and oxygen atoms in total. The number of nitrogens with one attached hydrogen (secondary N) is 4. The lowest BCUT2D eigenvalue weighted by Crippen LogP contribution is -2.22. The van der Waals surface area contributed by atoms with Gasteiger partial charge in [0.2, 0.25) is 0 Å².